The molecule has 0 saturated carbocycles. The van der Waals surface area contributed by atoms with Gasteiger partial charge in [0.15, 0.2) is 9.84 Å². The van der Waals surface area contributed by atoms with E-state index in [0.717, 1.165) is 12.7 Å². The molecule has 0 amide bonds. The molecular weight excluding hydrogens is 418 g/mol. The Morgan fingerprint density at radius 3 is 2.86 bits per heavy atom. The number of H-pyrrole nitrogens is 1. The Hall–Kier alpha value is -2.56. The average Bonchev–Trinajstić information content (AvgIpc) is 3.31. The zero-order valence-corrected chi connectivity index (χ0v) is 17.4. The Morgan fingerprint density at radius 2 is 2.17 bits per heavy atom. The van der Waals surface area contributed by atoms with Crippen LogP contribution in [0.1, 0.15) is 6.42 Å². The lowest BCUT2D eigenvalue weighted by Gasteiger charge is -2.15. The van der Waals surface area contributed by atoms with Crippen LogP contribution in [-0.2, 0) is 14.6 Å². The summed E-state index contributed by atoms with van der Waals surface area (Å²) in [7, 11) is -1.89. The van der Waals surface area contributed by atoms with Crippen molar-refractivity contribution in [3.8, 4) is 5.75 Å². The number of anilines is 3. The Morgan fingerprint density at radius 1 is 1.34 bits per heavy atom. The molecule has 1 fully saturated rings. The molecule has 11 heteroatoms. The molecule has 3 aromatic rings. The SMILES string of the molecule is COc1cc(S(C)(=O)=O)ccc1Nc1nc(N[C@H]2CCOC2)c2c(Cl)c[nH]c2n1. The molecule has 0 radical (unpaired) electrons. The fraction of sp³-hybridized carbons (Fsp3) is 0.333. The zero-order valence-electron chi connectivity index (χ0n) is 15.8. The number of aromatic amines is 1. The van der Waals surface area contributed by atoms with E-state index in [9.17, 15) is 8.42 Å². The van der Waals surface area contributed by atoms with Gasteiger partial charge in [-0.2, -0.15) is 9.97 Å². The van der Waals surface area contributed by atoms with Crippen LogP contribution in [0.2, 0.25) is 5.02 Å². The van der Waals surface area contributed by atoms with Crippen molar-refractivity contribution in [2.75, 3.05) is 37.2 Å². The first kappa shape index (κ1) is 19.7. The monoisotopic (exact) mass is 437 g/mol. The number of halogens is 1. The second-order valence-corrected chi connectivity index (χ2v) is 9.14. The molecule has 0 aliphatic carbocycles. The van der Waals surface area contributed by atoms with Crippen molar-refractivity contribution in [1.29, 1.82) is 0 Å². The highest BCUT2D eigenvalue weighted by molar-refractivity contribution is 7.90. The number of fused-ring (bicyclic) bond motifs is 1. The molecule has 154 valence electrons. The van der Waals surface area contributed by atoms with E-state index in [-0.39, 0.29) is 10.9 Å². The average molecular weight is 438 g/mol. The summed E-state index contributed by atoms with van der Waals surface area (Å²) in [6.45, 7) is 1.29. The predicted octanol–water partition coefficient (Wildman–Crippen LogP) is 2.97. The van der Waals surface area contributed by atoms with Gasteiger partial charge in [-0.25, -0.2) is 8.42 Å². The third kappa shape index (κ3) is 4.09. The van der Waals surface area contributed by atoms with Gasteiger partial charge in [0.1, 0.15) is 17.2 Å². The van der Waals surface area contributed by atoms with Crippen LogP contribution in [0, 0.1) is 0 Å². The van der Waals surface area contributed by atoms with Gasteiger partial charge in [0, 0.05) is 25.1 Å². The first-order valence-electron chi connectivity index (χ1n) is 8.89. The summed E-state index contributed by atoms with van der Waals surface area (Å²) in [4.78, 5) is 12.2. The van der Waals surface area contributed by atoms with Gasteiger partial charge < -0.3 is 25.1 Å². The van der Waals surface area contributed by atoms with Crippen molar-refractivity contribution in [1.82, 2.24) is 15.0 Å². The van der Waals surface area contributed by atoms with Gasteiger partial charge >= 0.3 is 0 Å². The second kappa shape index (κ2) is 7.69. The van der Waals surface area contributed by atoms with Crippen LogP contribution in [0.3, 0.4) is 0 Å². The summed E-state index contributed by atoms with van der Waals surface area (Å²) in [6, 6.07) is 4.70. The molecule has 4 rings (SSSR count). The zero-order chi connectivity index (χ0) is 20.6. The topological polar surface area (TPSA) is 118 Å². The quantitative estimate of drug-likeness (QED) is 0.538. The molecular formula is C18H20ClN5O4S. The van der Waals surface area contributed by atoms with Crippen LogP contribution in [0.15, 0.2) is 29.3 Å². The minimum atomic E-state index is -3.35. The van der Waals surface area contributed by atoms with Crippen molar-refractivity contribution in [2.45, 2.75) is 17.4 Å². The Kier molecular flexibility index (Phi) is 5.24. The van der Waals surface area contributed by atoms with Gasteiger partial charge in [-0.15, -0.1) is 0 Å². The summed E-state index contributed by atoms with van der Waals surface area (Å²) < 4.78 is 34.3. The van der Waals surface area contributed by atoms with Crippen molar-refractivity contribution in [3.05, 3.63) is 29.4 Å². The molecule has 0 unspecified atom stereocenters. The summed E-state index contributed by atoms with van der Waals surface area (Å²) >= 11 is 6.30. The minimum Gasteiger partial charge on any atom is -0.495 e. The van der Waals surface area contributed by atoms with Crippen LogP contribution in [0.25, 0.3) is 11.0 Å². The van der Waals surface area contributed by atoms with E-state index in [1.807, 2.05) is 0 Å². The van der Waals surface area contributed by atoms with E-state index < -0.39 is 9.84 Å². The third-order valence-corrected chi connectivity index (χ3v) is 6.01. The number of aromatic nitrogens is 3. The van der Waals surface area contributed by atoms with Gasteiger partial charge in [0.05, 0.1) is 40.8 Å². The minimum absolute atomic E-state index is 0.135. The van der Waals surface area contributed by atoms with Crippen molar-refractivity contribution >= 4 is 49.9 Å². The van der Waals surface area contributed by atoms with Crippen LogP contribution in [-0.4, -0.2) is 56.0 Å². The van der Waals surface area contributed by atoms with Gasteiger partial charge in [-0.3, -0.25) is 0 Å². The van der Waals surface area contributed by atoms with Gasteiger partial charge in [-0.05, 0) is 18.6 Å². The maximum absolute atomic E-state index is 11.8. The second-order valence-electron chi connectivity index (χ2n) is 6.72. The maximum Gasteiger partial charge on any atom is 0.231 e. The van der Waals surface area contributed by atoms with E-state index in [4.69, 9.17) is 21.1 Å². The Labute approximate surface area is 172 Å². The van der Waals surface area contributed by atoms with E-state index in [2.05, 4.69) is 25.6 Å². The molecule has 0 bridgehead atoms. The van der Waals surface area contributed by atoms with E-state index >= 15 is 0 Å². The molecule has 9 nitrogen and oxygen atoms in total. The number of methoxy groups -OCH3 is 1. The Bertz CT molecular complexity index is 1160. The summed E-state index contributed by atoms with van der Waals surface area (Å²) in [5.74, 6) is 1.26. The van der Waals surface area contributed by atoms with Crippen LogP contribution in [0.4, 0.5) is 17.5 Å². The van der Waals surface area contributed by atoms with Gasteiger partial charge in [0.2, 0.25) is 5.95 Å². The standard InChI is InChI=1S/C18H20ClN5O4S/c1-27-14-7-11(29(2,25)26)3-4-13(14)22-18-23-16-15(12(19)8-20-16)17(24-18)21-10-5-6-28-9-10/h3-4,7-8,10H,5-6,9H2,1-2H3,(H3,20,21,22,23,24)/t10-/m0/s1. The molecule has 0 spiro atoms. The van der Waals surface area contributed by atoms with E-state index in [0.29, 0.717) is 52.5 Å². The fourth-order valence-electron chi connectivity index (χ4n) is 3.12. The highest BCUT2D eigenvalue weighted by Gasteiger charge is 2.20. The lowest BCUT2D eigenvalue weighted by Crippen LogP contribution is -2.20. The third-order valence-electron chi connectivity index (χ3n) is 4.60. The first-order chi connectivity index (χ1) is 13.8. The number of rotatable bonds is 6. The normalized spacial score (nSPS) is 16.9. The van der Waals surface area contributed by atoms with Gasteiger partial charge in [0.25, 0.3) is 0 Å². The first-order valence-corrected chi connectivity index (χ1v) is 11.2. The largest absolute Gasteiger partial charge is 0.495 e. The maximum atomic E-state index is 11.8. The number of nitrogens with one attached hydrogen (secondary N) is 3. The van der Waals surface area contributed by atoms with Crippen molar-refractivity contribution in [3.63, 3.8) is 0 Å². The molecule has 1 saturated heterocycles. The molecule has 3 N–H and O–H groups in total. The smallest absolute Gasteiger partial charge is 0.231 e. The summed E-state index contributed by atoms with van der Waals surface area (Å²) in [5, 5.41) is 7.67. The molecule has 1 atom stereocenters. The van der Waals surface area contributed by atoms with E-state index in [1.54, 1.807) is 12.3 Å². The summed E-state index contributed by atoms with van der Waals surface area (Å²) in [6.07, 6.45) is 3.67. The molecule has 1 aliphatic heterocycles. The lowest BCUT2D eigenvalue weighted by molar-refractivity contribution is 0.195. The van der Waals surface area contributed by atoms with E-state index in [1.165, 1.54) is 19.2 Å². The molecule has 1 aliphatic rings. The molecule has 3 heterocycles. The molecule has 2 aromatic heterocycles. The number of sulfone groups is 1. The highest BCUT2D eigenvalue weighted by atomic mass is 35.5. The molecule has 29 heavy (non-hydrogen) atoms. The van der Waals surface area contributed by atoms with Gasteiger partial charge in [-0.1, -0.05) is 11.6 Å². The van der Waals surface area contributed by atoms with Crippen molar-refractivity contribution < 1.29 is 17.9 Å². The van der Waals surface area contributed by atoms with Crippen LogP contribution >= 0.6 is 11.6 Å². The molecule has 1 aromatic carbocycles. The highest BCUT2D eigenvalue weighted by Crippen LogP contribution is 2.33. The summed E-state index contributed by atoms with van der Waals surface area (Å²) in [5.41, 5.74) is 1.10. The van der Waals surface area contributed by atoms with Crippen LogP contribution in [0.5, 0.6) is 5.75 Å². The Balaban J connectivity index is 1.71. The number of benzene rings is 1. The lowest BCUT2D eigenvalue weighted by atomic mass is 10.2. The number of hydrogen-bond donors (Lipinski definition) is 3. The predicted molar refractivity (Wildman–Crippen MR) is 111 cm³/mol. The van der Waals surface area contributed by atoms with Crippen molar-refractivity contribution in [2.24, 2.45) is 0 Å². The number of hydrogen-bond acceptors (Lipinski definition) is 8. The number of ether oxygens (including phenoxy) is 2. The van der Waals surface area contributed by atoms with Crippen LogP contribution < -0.4 is 15.4 Å². The number of nitrogens with zero attached hydrogens (tertiary/aromatic N) is 2. The fourth-order valence-corrected chi connectivity index (χ4v) is 3.99.